The minimum Gasteiger partial charge on any atom is -0.459 e. The zero-order valence-corrected chi connectivity index (χ0v) is 17.0. The highest BCUT2D eigenvalue weighted by Gasteiger charge is 2.21. The average molecular weight is 368 g/mol. The largest absolute Gasteiger partial charge is 0.459 e. The molecule has 0 saturated carbocycles. The monoisotopic (exact) mass is 368 g/mol. The molecule has 0 radical (unpaired) electrons. The standard InChI is InChI=1S/C23H28O4/c1-14-9-7-10-15(2)20(14)22(24)26-18(5)13-19(6)27-23(25)21-16(3)11-8-12-17(21)4/h7-12,18-19H,13H2,1-6H3. The Morgan fingerprint density at radius 3 is 1.30 bits per heavy atom. The molecule has 2 rings (SSSR count). The number of carbonyl (C=O) groups excluding carboxylic acids is 2. The normalized spacial score (nSPS) is 13.0. The number of carbonyl (C=O) groups is 2. The predicted molar refractivity (Wildman–Crippen MR) is 106 cm³/mol. The molecule has 2 aromatic rings. The highest BCUT2D eigenvalue weighted by molar-refractivity contribution is 5.93. The third kappa shape index (κ3) is 5.19. The fourth-order valence-electron chi connectivity index (χ4n) is 3.32. The fraction of sp³-hybridized carbons (Fsp3) is 0.391. The van der Waals surface area contributed by atoms with Crippen LogP contribution in [0, 0.1) is 27.7 Å². The van der Waals surface area contributed by atoms with Crippen molar-refractivity contribution in [1.82, 2.24) is 0 Å². The Morgan fingerprint density at radius 1 is 0.704 bits per heavy atom. The number of hydrogen-bond donors (Lipinski definition) is 0. The molecule has 0 aliphatic heterocycles. The van der Waals surface area contributed by atoms with Crippen molar-refractivity contribution in [3.63, 3.8) is 0 Å². The molecule has 0 amide bonds. The molecule has 0 N–H and O–H groups in total. The van der Waals surface area contributed by atoms with Crippen LogP contribution in [0.4, 0.5) is 0 Å². The summed E-state index contributed by atoms with van der Waals surface area (Å²) in [5.41, 5.74) is 4.76. The van der Waals surface area contributed by atoms with Gasteiger partial charge in [-0.05, 0) is 63.8 Å². The van der Waals surface area contributed by atoms with Gasteiger partial charge in [0.1, 0.15) is 12.2 Å². The second kappa shape index (κ2) is 8.85. The van der Waals surface area contributed by atoms with E-state index in [9.17, 15) is 9.59 Å². The van der Waals surface area contributed by atoms with Gasteiger partial charge in [0.15, 0.2) is 0 Å². The summed E-state index contributed by atoms with van der Waals surface area (Å²) >= 11 is 0. The van der Waals surface area contributed by atoms with Crippen LogP contribution in [0.2, 0.25) is 0 Å². The summed E-state index contributed by atoms with van der Waals surface area (Å²) in [6.45, 7) is 11.2. The molecule has 0 heterocycles. The van der Waals surface area contributed by atoms with Gasteiger partial charge >= 0.3 is 11.9 Å². The van der Waals surface area contributed by atoms with Crippen LogP contribution in [0.15, 0.2) is 36.4 Å². The van der Waals surface area contributed by atoms with Crippen LogP contribution in [0.1, 0.15) is 63.2 Å². The van der Waals surface area contributed by atoms with Gasteiger partial charge in [0.2, 0.25) is 0 Å². The molecule has 0 fully saturated rings. The molecule has 0 spiro atoms. The smallest absolute Gasteiger partial charge is 0.338 e. The lowest BCUT2D eigenvalue weighted by atomic mass is 10.0. The van der Waals surface area contributed by atoms with Crippen LogP contribution >= 0.6 is 0 Å². The number of esters is 2. The highest BCUT2D eigenvalue weighted by atomic mass is 16.6. The van der Waals surface area contributed by atoms with E-state index in [0.29, 0.717) is 17.5 Å². The van der Waals surface area contributed by atoms with Gasteiger partial charge in [-0.3, -0.25) is 0 Å². The van der Waals surface area contributed by atoms with Crippen LogP contribution in [-0.4, -0.2) is 24.1 Å². The van der Waals surface area contributed by atoms with Crippen LogP contribution < -0.4 is 0 Å². The molecular weight excluding hydrogens is 340 g/mol. The Bertz CT molecular complexity index is 728. The lowest BCUT2D eigenvalue weighted by molar-refractivity contribution is 0.00751. The lowest BCUT2D eigenvalue weighted by Crippen LogP contribution is -2.24. The second-order valence-electron chi connectivity index (χ2n) is 7.20. The van der Waals surface area contributed by atoms with Crippen molar-refractivity contribution in [2.45, 2.75) is 60.2 Å². The Balaban J connectivity index is 1.96. The van der Waals surface area contributed by atoms with E-state index in [4.69, 9.17) is 9.47 Å². The second-order valence-corrected chi connectivity index (χ2v) is 7.20. The molecule has 4 heteroatoms. The molecular formula is C23H28O4. The van der Waals surface area contributed by atoms with E-state index in [2.05, 4.69) is 0 Å². The predicted octanol–water partition coefficient (Wildman–Crippen LogP) is 5.10. The van der Waals surface area contributed by atoms with E-state index >= 15 is 0 Å². The van der Waals surface area contributed by atoms with E-state index in [1.54, 1.807) is 0 Å². The summed E-state index contributed by atoms with van der Waals surface area (Å²) in [5.74, 6) is -0.683. The maximum atomic E-state index is 12.5. The maximum Gasteiger partial charge on any atom is 0.338 e. The van der Waals surface area contributed by atoms with Crippen molar-refractivity contribution < 1.29 is 19.1 Å². The molecule has 0 saturated heterocycles. The third-order valence-corrected chi connectivity index (χ3v) is 4.65. The van der Waals surface area contributed by atoms with Crippen LogP contribution in [0.3, 0.4) is 0 Å². The van der Waals surface area contributed by atoms with Gasteiger partial charge < -0.3 is 9.47 Å². The summed E-state index contributed by atoms with van der Waals surface area (Å²) < 4.78 is 11.1. The minimum absolute atomic E-state index is 0.341. The molecule has 4 nitrogen and oxygen atoms in total. The molecule has 0 aliphatic rings. The van der Waals surface area contributed by atoms with E-state index in [-0.39, 0.29) is 24.1 Å². The van der Waals surface area contributed by atoms with Crippen LogP contribution in [0.5, 0.6) is 0 Å². The van der Waals surface area contributed by atoms with Crippen molar-refractivity contribution in [2.75, 3.05) is 0 Å². The van der Waals surface area contributed by atoms with Gasteiger partial charge in [0.25, 0.3) is 0 Å². The van der Waals surface area contributed by atoms with E-state index in [0.717, 1.165) is 22.3 Å². The Labute approximate surface area is 161 Å². The maximum absolute atomic E-state index is 12.5. The summed E-state index contributed by atoms with van der Waals surface area (Å²) in [6, 6.07) is 11.4. The first-order chi connectivity index (χ1) is 12.7. The lowest BCUT2D eigenvalue weighted by Gasteiger charge is -2.20. The molecule has 0 aromatic heterocycles. The number of benzene rings is 2. The van der Waals surface area contributed by atoms with Crippen LogP contribution in [-0.2, 0) is 9.47 Å². The number of aryl methyl sites for hydroxylation is 4. The van der Waals surface area contributed by atoms with Gasteiger partial charge in [-0.1, -0.05) is 36.4 Å². The van der Waals surface area contributed by atoms with Crippen molar-refractivity contribution in [2.24, 2.45) is 0 Å². The molecule has 0 aliphatic carbocycles. The number of rotatable bonds is 6. The van der Waals surface area contributed by atoms with E-state index in [1.165, 1.54) is 0 Å². The van der Waals surface area contributed by atoms with Gasteiger partial charge in [-0.2, -0.15) is 0 Å². The zero-order chi connectivity index (χ0) is 20.1. The first kappa shape index (κ1) is 20.7. The SMILES string of the molecule is Cc1cccc(C)c1C(=O)OC(C)CC(C)OC(=O)c1c(C)cccc1C. The topological polar surface area (TPSA) is 52.6 Å². The highest BCUT2D eigenvalue weighted by Crippen LogP contribution is 2.19. The minimum atomic E-state index is -0.364. The summed E-state index contributed by atoms with van der Waals surface area (Å²) in [6.07, 6.45) is -0.289. The van der Waals surface area contributed by atoms with Crippen LogP contribution in [0.25, 0.3) is 0 Å². The Kier molecular flexibility index (Phi) is 6.78. The first-order valence-electron chi connectivity index (χ1n) is 9.25. The van der Waals surface area contributed by atoms with Crippen molar-refractivity contribution in [1.29, 1.82) is 0 Å². The quantitative estimate of drug-likeness (QED) is 0.666. The fourth-order valence-corrected chi connectivity index (χ4v) is 3.32. The summed E-state index contributed by atoms with van der Waals surface area (Å²) in [7, 11) is 0. The van der Waals surface area contributed by atoms with Crippen molar-refractivity contribution in [3.8, 4) is 0 Å². The Hall–Kier alpha value is -2.62. The number of hydrogen-bond acceptors (Lipinski definition) is 4. The molecule has 2 aromatic carbocycles. The first-order valence-corrected chi connectivity index (χ1v) is 9.25. The summed E-state index contributed by atoms with van der Waals surface area (Å²) in [4.78, 5) is 25.0. The number of ether oxygens (including phenoxy) is 2. The third-order valence-electron chi connectivity index (χ3n) is 4.65. The zero-order valence-electron chi connectivity index (χ0n) is 17.0. The average Bonchev–Trinajstić information content (AvgIpc) is 2.53. The Morgan fingerprint density at radius 2 is 1.00 bits per heavy atom. The summed E-state index contributed by atoms with van der Waals surface area (Å²) in [5, 5.41) is 0. The van der Waals surface area contributed by atoms with E-state index in [1.807, 2.05) is 77.9 Å². The van der Waals surface area contributed by atoms with Crippen molar-refractivity contribution >= 4 is 11.9 Å². The molecule has 0 bridgehead atoms. The molecule has 27 heavy (non-hydrogen) atoms. The van der Waals surface area contributed by atoms with Gasteiger partial charge in [0.05, 0.1) is 11.1 Å². The van der Waals surface area contributed by atoms with E-state index < -0.39 is 0 Å². The van der Waals surface area contributed by atoms with Crippen molar-refractivity contribution in [3.05, 3.63) is 69.8 Å². The molecule has 2 atom stereocenters. The van der Waals surface area contributed by atoms with Gasteiger partial charge in [0, 0.05) is 6.42 Å². The molecule has 2 unspecified atom stereocenters. The molecule has 144 valence electrons. The van der Waals surface area contributed by atoms with Gasteiger partial charge in [-0.25, -0.2) is 9.59 Å². The van der Waals surface area contributed by atoms with Gasteiger partial charge in [-0.15, -0.1) is 0 Å².